The number of carboxylic acids is 1. The zero-order valence-electron chi connectivity index (χ0n) is 14.3. The summed E-state index contributed by atoms with van der Waals surface area (Å²) in [6, 6.07) is 7.56. The summed E-state index contributed by atoms with van der Waals surface area (Å²) in [5, 5.41) is 8.89. The van der Waals surface area contributed by atoms with Gasteiger partial charge in [-0.3, -0.25) is 4.79 Å². The Labute approximate surface area is 150 Å². The first kappa shape index (κ1) is 18.2. The fraction of sp³-hybridized carbons (Fsp3) is 0.294. The second-order valence-corrected chi connectivity index (χ2v) is 8.25. The van der Waals surface area contributed by atoms with Crippen molar-refractivity contribution < 1.29 is 27.5 Å². The minimum atomic E-state index is -3.57. The maximum atomic E-state index is 12.5. The minimum absolute atomic E-state index is 0.0529. The zero-order chi connectivity index (χ0) is 19.1. The molecule has 138 valence electrons. The van der Waals surface area contributed by atoms with Crippen molar-refractivity contribution in [1.29, 1.82) is 0 Å². The highest BCUT2D eigenvalue weighted by Crippen LogP contribution is 2.28. The summed E-state index contributed by atoms with van der Waals surface area (Å²) in [6.45, 7) is 0.545. The Hall–Kier alpha value is -2.65. The molecule has 2 heterocycles. The number of furan rings is 1. The van der Waals surface area contributed by atoms with Gasteiger partial charge < -0.3 is 14.4 Å². The van der Waals surface area contributed by atoms with E-state index in [1.807, 2.05) is 0 Å². The zero-order valence-corrected chi connectivity index (χ0v) is 15.1. The first-order valence-electron chi connectivity index (χ1n) is 7.87. The first-order chi connectivity index (χ1) is 12.2. The lowest BCUT2D eigenvalue weighted by Crippen LogP contribution is -2.37. The second-order valence-electron chi connectivity index (χ2n) is 6.13. The SMILES string of the molecule is CN(C)S(=O)(=O)c1cccc2c1CCN(C(=O)c1ccc(C(=O)O)o1)C2. The van der Waals surface area contributed by atoms with Crippen LogP contribution in [0.25, 0.3) is 0 Å². The van der Waals surface area contributed by atoms with Crippen molar-refractivity contribution in [1.82, 2.24) is 9.21 Å². The van der Waals surface area contributed by atoms with E-state index in [9.17, 15) is 18.0 Å². The van der Waals surface area contributed by atoms with E-state index in [0.29, 0.717) is 18.5 Å². The molecule has 0 radical (unpaired) electrons. The van der Waals surface area contributed by atoms with E-state index in [4.69, 9.17) is 9.52 Å². The molecule has 1 aromatic heterocycles. The Bertz CT molecular complexity index is 977. The van der Waals surface area contributed by atoms with Crippen molar-refractivity contribution >= 4 is 21.9 Å². The fourth-order valence-corrected chi connectivity index (χ4v) is 4.10. The van der Waals surface area contributed by atoms with Gasteiger partial charge in [-0.15, -0.1) is 0 Å². The quantitative estimate of drug-likeness (QED) is 0.862. The summed E-state index contributed by atoms with van der Waals surface area (Å²) in [5.74, 6) is -2.02. The lowest BCUT2D eigenvalue weighted by atomic mass is 9.99. The van der Waals surface area contributed by atoms with Crippen LogP contribution in [0.15, 0.2) is 39.6 Å². The van der Waals surface area contributed by atoms with Gasteiger partial charge in [0.15, 0.2) is 5.76 Å². The summed E-state index contributed by atoms with van der Waals surface area (Å²) < 4.78 is 31.2. The molecule has 1 amide bonds. The molecule has 0 saturated heterocycles. The highest BCUT2D eigenvalue weighted by molar-refractivity contribution is 7.89. The lowest BCUT2D eigenvalue weighted by molar-refractivity contribution is 0.0645. The fourth-order valence-electron chi connectivity index (χ4n) is 2.91. The third-order valence-corrected chi connectivity index (χ3v) is 6.20. The van der Waals surface area contributed by atoms with Crippen molar-refractivity contribution in [2.24, 2.45) is 0 Å². The van der Waals surface area contributed by atoms with Crippen LogP contribution in [0.2, 0.25) is 0 Å². The van der Waals surface area contributed by atoms with Crippen molar-refractivity contribution in [3.63, 3.8) is 0 Å². The van der Waals surface area contributed by atoms with Crippen LogP contribution in [0.4, 0.5) is 0 Å². The van der Waals surface area contributed by atoms with E-state index in [1.54, 1.807) is 18.2 Å². The van der Waals surface area contributed by atoms with Crippen LogP contribution in [0, 0.1) is 0 Å². The van der Waals surface area contributed by atoms with Crippen LogP contribution < -0.4 is 0 Å². The predicted molar refractivity (Wildman–Crippen MR) is 91.4 cm³/mol. The van der Waals surface area contributed by atoms with E-state index < -0.39 is 21.9 Å². The van der Waals surface area contributed by atoms with Gasteiger partial charge in [0, 0.05) is 27.2 Å². The minimum Gasteiger partial charge on any atom is -0.475 e. The number of benzene rings is 1. The Kier molecular flexibility index (Phi) is 4.59. The van der Waals surface area contributed by atoms with Gasteiger partial charge in [-0.05, 0) is 35.7 Å². The van der Waals surface area contributed by atoms with Crippen molar-refractivity contribution in [3.8, 4) is 0 Å². The number of hydrogen-bond donors (Lipinski definition) is 1. The lowest BCUT2D eigenvalue weighted by Gasteiger charge is -2.30. The molecule has 0 atom stereocenters. The van der Waals surface area contributed by atoms with E-state index in [2.05, 4.69) is 0 Å². The molecule has 0 fully saturated rings. The number of fused-ring (bicyclic) bond motifs is 1. The molecule has 3 rings (SSSR count). The molecular formula is C17H18N2O6S. The van der Waals surface area contributed by atoms with Gasteiger partial charge in [0.1, 0.15) is 0 Å². The highest BCUT2D eigenvalue weighted by atomic mass is 32.2. The summed E-state index contributed by atoms with van der Waals surface area (Å²) in [7, 11) is -0.615. The number of carboxylic acid groups (broad SMARTS) is 1. The predicted octanol–water partition coefficient (Wildman–Crippen LogP) is 1.43. The number of amides is 1. The normalized spacial score (nSPS) is 14.3. The van der Waals surface area contributed by atoms with E-state index in [0.717, 1.165) is 9.87 Å². The molecule has 0 aliphatic carbocycles. The standard InChI is InChI=1S/C17H18N2O6S/c1-18(2)26(23,24)15-5-3-4-11-10-19(9-8-12(11)15)16(20)13-6-7-14(25-13)17(21)22/h3-7H,8-10H2,1-2H3,(H,21,22). The van der Waals surface area contributed by atoms with Gasteiger partial charge in [-0.1, -0.05) is 12.1 Å². The summed E-state index contributed by atoms with van der Waals surface area (Å²) in [6.07, 6.45) is 0.386. The molecule has 26 heavy (non-hydrogen) atoms. The van der Waals surface area contributed by atoms with E-state index in [-0.39, 0.29) is 23.0 Å². The van der Waals surface area contributed by atoms with Gasteiger partial charge in [0.05, 0.1) is 4.90 Å². The molecule has 0 spiro atoms. The monoisotopic (exact) mass is 378 g/mol. The number of aromatic carboxylic acids is 1. The van der Waals surface area contributed by atoms with Crippen molar-refractivity contribution in [2.75, 3.05) is 20.6 Å². The maximum absolute atomic E-state index is 12.5. The van der Waals surface area contributed by atoms with Gasteiger partial charge in [0.25, 0.3) is 5.91 Å². The van der Waals surface area contributed by atoms with Crippen LogP contribution in [-0.4, -0.2) is 55.2 Å². The topological polar surface area (TPSA) is 108 Å². The average Bonchev–Trinajstić information content (AvgIpc) is 3.10. The third kappa shape index (κ3) is 3.11. The highest BCUT2D eigenvalue weighted by Gasteiger charge is 2.29. The Balaban J connectivity index is 1.88. The second kappa shape index (κ2) is 6.58. The average molecular weight is 378 g/mol. The number of carbonyl (C=O) groups is 2. The van der Waals surface area contributed by atoms with E-state index >= 15 is 0 Å². The van der Waals surface area contributed by atoms with Crippen molar-refractivity contribution in [3.05, 3.63) is 53.0 Å². The smallest absolute Gasteiger partial charge is 0.371 e. The van der Waals surface area contributed by atoms with Crippen LogP contribution in [0.3, 0.4) is 0 Å². The van der Waals surface area contributed by atoms with Gasteiger partial charge in [-0.25, -0.2) is 17.5 Å². The first-order valence-corrected chi connectivity index (χ1v) is 9.31. The van der Waals surface area contributed by atoms with Crippen molar-refractivity contribution in [2.45, 2.75) is 17.9 Å². The number of rotatable bonds is 4. The number of nitrogens with zero attached hydrogens (tertiary/aromatic N) is 2. The largest absolute Gasteiger partial charge is 0.475 e. The number of hydrogen-bond acceptors (Lipinski definition) is 5. The Morgan fingerprint density at radius 2 is 1.85 bits per heavy atom. The summed E-state index contributed by atoms with van der Waals surface area (Å²) in [4.78, 5) is 25.2. The number of sulfonamides is 1. The molecule has 8 nitrogen and oxygen atoms in total. The molecule has 1 N–H and O–H groups in total. The molecule has 0 bridgehead atoms. The van der Waals surface area contributed by atoms with Gasteiger partial charge in [0.2, 0.25) is 15.8 Å². The van der Waals surface area contributed by atoms with Gasteiger partial charge in [-0.2, -0.15) is 0 Å². The summed E-state index contributed by atoms with van der Waals surface area (Å²) >= 11 is 0. The van der Waals surface area contributed by atoms with E-state index in [1.165, 1.54) is 31.1 Å². The molecule has 9 heteroatoms. The molecule has 0 unspecified atom stereocenters. The Morgan fingerprint density at radius 3 is 2.46 bits per heavy atom. The molecule has 0 saturated carbocycles. The van der Waals surface area contributed by atoms with Gasteiger partial charge >= 0.3 is 5.97 Å². The van der Waals surface area contributed by atoms with Crippen LogP contribution in [-0.2, 0) is 23.0 Å². The molecule has 1 aromatic carbocycles. The molecule has 2 aromatic rings. The number of carbonyl (C=O) groups excluding carboxylic acids is 1. The Morgan fingerprint density at radius 1 is 1.15 bits per heavy atom. The summed E-state index contributed by atoms with van der Waals surface area (Å²) in [5.41, 5.74) is 1.45. The van der Waals surface area contributed by atoms with Crippen LogP contribution in [0.1, 0.15) is 32.2 Å². The third-order valence-electron chi connectivity index (χ3n) is 4.30. The maximum Gasteiger partial charge on any atom is 0.371 e. The molecule has 1 aliphatic heterocycles. The van der Waals surface area contributed by atoms with Crippen LogP contribution in [0.5, 0.6) is 0 Å². The van der Waals surface area contributed by atoms with Crippen LogP contribution >= 0.6 is 0 Å². The molecular weight excluding hydrogens is 360 g/mol. The molecule has 1 aliphatic rings.